The van der Waals surface area contributed by atoms with Gasteiger partial charge in [-0.15, -0.1) is 0 Å². The van der Waals surface area contributed by atoms with Gasteiger partial charge in [-0.2, -0.15) is 0 Å². The fourth-order valence-electron chi connectivity index (χ4n) is 5.50. The molecule has 1 heterocycles. The summed E-state index contributed by atoms with van der Waals surface area (Å²) in [7, 11) is 0. The second-order valence-corrected chi connectivity index (χ2v) is 10.5. The van der Waals surface area contributed by atoms with Crippen LogP contribution >= 0.6 is 0 Å². The third kappa shape index (κ3) is 5.36. The van der Waals surface area contributed by atoms with Gasteiger partial charge in [0.15, 0.2) is 0 Å². The highest BCUT2D eigenvalue weighted by Gasteiger charge is 2.22. The van der Waals surface area contributed by atoms with Crippen LogP contribution in [0.2, 0.25) is 0 Å². The van der Waals surface area contributed by atoms with Crippen LogP contribution in [0.1, 0.15) is 33.4 Å². The molecule has 0 spiro atoms. The molecule has 208 valence electrons. The number of rotatable bonds is 4. The first-order valence-electron chi connectivity index (χ1n) is 14.2. The highest BCUT2D eigenvalue weighted by atomic mass is 16.7. The molecule has 0 saturated carbocycles. The minimum Gasteiger partial charge on any atom is -0.457 e. The molecule has 0 fully saturated rings. The van der Waals surface area contributed by atoms with E-state index in [2.05, 4.69) is 66.5 Å². The average Bonchev–Trinajstić information content (AvgIpc) is 3.26. The Hall–Kier alpha value is -5.34. The van der Waals surface area contributed by atoms with Crippen LogP contribution in [0.25, 0.3) is 44.8 Å². The lowest BCUT2D eigenvalue weighted by molar-refractivity contribution is 0.125. The lowest BCUT2D eigenvalue weighted by Crippen LogP contribution is -2.03. The summed E-state index contributed by atoms with van der Waals surface area (Å²) in [4.78, 5) is 0. The summed E-state index contributed by atoms with van der Waals surface area (Å²) in [6, 6.07) is 36.5. The summed E-state index contributed by atoms with van der Waals surface area (Å²) >= 11 is 0. The summed E-state index contributed by atoms with van der Waals surface area (Å²) in [6.45, 7) is 0.213. The molecule has 0 atom stereocenters. The molecule has 0 radical (unpaired) electrons. The highest BCUT2D eigenvalue weighted by Crippen LogP contribution is 2.47. The number of aliphatic hydroxyl groups excluding tert-OH is 2. The standard InChI is InChI=1S/C39H28O4/c40-23-30-9-3-26(4-10-30)1-7-28-13-17-34-32(21-28)15-19-36-38(34)39-35-18-14-29(8-2-27-5-11-31(24-41)12-6-27)22-33(35)16-20-37(39)43-25-42-36/h1,3-7,9-22,40-41H,23-25H2/b7-1+. The van der Waals surface area contributed by atoms with Crippen molar-refractivity contribution in [3.63, 3.8) is 0 Å². The predicted molar refractivity (Wildman–Crippen MR) is 173 cm³/mol. The lowest BCUT2D eigenvalue weighted by Gasteiger charge is -2.14. The Morgan fingerprint density at radius 3 is 1.70 bits per heavy atom. The predicted octanol–water partition coefficient (Wildman–Crippen LogP) is 7.94. The van der Waals surface area contributed by atoms with Crippen molar-refractivity contribution in [1.82, 2.24) is 0 Å². The second kappa shape index (κ2) is 11.5. The van der Waals surface area contributed by atoms with Gasteiger partial charge in [-0.25, -0.2) is 0 Å². The molecular weight excluding hydrogens is 532 g/mol. The van der Waals surface area contributed by atoms with Crippen LogP contribution in [0.3, 0.4) is 0 Å². The van der Waals surface area contributed by atoms with E-state index in [0.717, 1.165) is 77.6 Å². The zero-order valence-corrected chi connectivity index (χ0v) is 23.4. The Morgan fingerprint density at radius 1 is 0.535 bits per heavy atom. The number of benzene rings is 6. The molecule has 7 rings (SSSR count). The van der Waals surface area contributed by atoms with Crippen molar-refractivity contribution in [3.8, 4) is 34.5 Å². The molecule has 1 aliphatic heterocycles. The number of fused-ring (bicyclic) bond motifs is 7. The molecule has 0 saturated heterocycles. The first kappa shape index (κ1) is 26.6. The zero-order chi connectivity index (χ0) is 29.2. The molecule has 6 aromatic rings. The maximum Gasteiger partial charge on any atom is 0.230 e. The van der Waals surface area contributed by atoms with E-state index in [1.54, 1.807) is 0 Å². The Morgan fingerprint density at radius 2 is 1.05 bits per heavy atom. The van der Waals surface area contributed by atoms with Gasteiger partial charge in [0.2, 0.25) is 6.79 Å². The molecule has 0 unspecified atom stereocenters. The summed E-state index contributed by atoms with van der Waals surface area (Å²) in [5.41, 5.74) is 7.80. The van der Waals surface area contributed by atoms with Crippen LogP contribution in [0.15, 0.2) is 109 Å². The van der Waals surface area contributed by atoms with E-state index in [-0.39, 0.29) is 20.0 Å². The normalized spacial score (nSPS) is 12.1. The van der Waals surface area contributed by atoms with Gasteiger partial charge in [-0.05, 0) is 86.3 Å². The third-order valence-corrected chi connectivity index (χ3v) is 7.78. The largest absolute Gasteiger partial charge is 0.457 e. The van der Waals surface area contributed by atoms with Gasteiger partial charge in [-0.3, -0.25) is 0 Å². The number of ether oxygens (including phenoxy) is 2. The monoisotopic (exact) mass is 560 g/mol. The fourth-order valence-corrected chi connectivity index (χ4v) is 5.50. The van der Waals surface area contributed by atoms with Gasteiger partial charge in [0.05, 0.1) is 13.2 Å². The van der Waals surface area contributed by atoms with Crippen LogP contribution in [0.5, 0.6) is 11.5 Å². The Labute approximate surface area is 250 Å². The van der Waals surface area contributed by atoms with Crippen molar-refractivity contribution in [1.29, 1.82) is 0 Å². The molecule has 6 aromatic carbocycles. The van der Waals surface area contributed by atoms with Crippen LogP contribution in [0, 0.1) is 11.8 Å². The fraction of sp³-hybridized carbons (Fsp3) is 0.0769. The molecule has 2 N–H and O–H groups in total. The zero-order valence-electron chi connectivity index (χ0n) is 23.4. The average molecular weight is 561 g/mol. The van der Waals surface area contributed by atoms with Crippen LogP contribution in [0.4, 0.5) is 0 Å². The molecule has 4 heteroatoms. The van der Waals surface area contributed by atoms with Gasteiger partial charge in [0.1, 0.15) is 11.5 Å². The number of hydrogen-bond acceptors (Lipinski definition) is 4. The number of hydrogen-bond donors (Lipinski definition) is 2. The SMILES string of the molecule is OCc1ccc(C#Cc2ccc3c4c(ccc3c2)OCOc2ccc3cc(/C=C/c5ccc(CO)cc5)ccc3c2-4)cc1. The van der Waals surface area contributed by atoms with Crippen molar-refractivity contribution in [2.75, 3.05) is 6.79 Å². The van der Waals surface area contributed by atoms with Gasteiger partial charge >= 0.3 is 0 Å². The van der Waals surface area contributed by atoms with E-state index >= 15 is 0 Å². The topological polar surface area (TPSA) is 58.9 Å². The van der Waals surface area contributed by atoms with Gasteiger partial charge in [0, 0.05) is 22.3 Å². The summed E-state index contributed by atoms with van der Waals surface area (Å²) in [5.74, 6) is 8.09. The summed E-state index contributed by atoms with van der Waals surface area (Å²) < 4.78 is 12.2. The molecule has 0 bridgehead atoms. The van der Waals surface area contributed by atoms with Crippen molar-refractivity contribution in [2.45, 2.75) is 13.2 Å². The smallest absolute Gasteiger partial charge is 0.230 e. The molecule has 0 amide bonds. The molecule has 0 aromatic heterocycles. The maximum absolute atomic E-state index is 9.30. The van der Waals surface area contributed by atoms with Crippen molar-refractivity contribution in [2.24, 2.45) is 0 Å². The van der Waals surface area contributed by atoms with Crippen molar-refractivity contribution < 1.29 is 19.7 Å². The van der Waals surface area contributed by atoms with E-state index in [4.69, 9.17) is 9.47 Å². The van der Waals surface area contributed by atoms with E-state index < -0.39 is 0 Å². The quantitative estimate of drug-likeness (QED) is 0.170. The highest BCUT2D eigenvalue weighted by molar-refractivity contribution is 6.10. The van der Waals surface area contributed by atoms with Crippen molar-refractivity contribution in [3.05, 3.63) is 143 Å². The minimum atomic E-state index is 0.0235. The molecular formula is C39H28O4. The van der Waals surface area contributed by atoms with Crippen LogP contribution in [-0.4, -0.2) is 17.0 Å². The van der Waals surface area contributed by atoms with Gasteiger partial charge in [-0.1, -0.05) is 90.7 Å². The van der Waals surface area contributed by atoms with E-state index in [1.807, 2.05) is 66.7 Å². The Bertz CT molecular complexity index is 2060. The third-order valence-electron chi connectivity index (χ3n) is 7.78. The van der Waals surface area contributed by atoms with E-state index in [1.165, 1.54) is 0 Å². The first-order chi connectivity index (χ1) is 21.2. The van der Waals surface area contributed by atoms with Crippen molar-refractivity contribution >= 4 is 33.7 Å². The van der Waals surface area contributed by atoms with E-state index in [9.17, 15) is 10.2 Å². The maximum atomic E-state index is 9.30. The minimum absolute atomic E-state index is 0.0235. The Balaban J connectivity index is 1.28. The summed E-state index contributed by atoms with van der Waals surface area (Å²) in [5, 5.41) is 22.9. The second-order valence-electron chi connectivity index (χ2n) is 10.5. The van der Waals surface area contributed by atoms with Crippen LogP contribution in [-0.2, 0) is 13.2 Å². The van der Waals surface area contributed by atoms with Crippen LogP contribution < -0.4 is 9.47 Å². The first-order valence-corrected chi connectivity index (χ1v) is 14.2. The van der Waals surface area contributed by atoms with E-state index in [0.29, 0.717) is 0 Å². The van der Waals surface area contributed by atoms with Gasteiger partial charge < -0.3 is 19.7 Å². The molecule has 0 aliphatic carbocycles. The number of aliphatic hydroxyl groups is 2. The lowest BCUT2D eigenvalue weighted by atomic mass is 9.91. The Kier molecular flexibility index (Phi) is 7.10. The van der Waals surface area contributed by atoms with Gasteiger partial charge in [0.25, 0.3) is 0 Å². The molecule has 4 nitrogen and oxygen atoms in total. The molecule has 43 heavy (non-hydrogen) atoms. The summed E-state index contributed by atoms with van der Waals surface area (Å²) in [6.07, 6.45) is 4.18. The molecule has 1 aliphatic rings.